The normalized spacial score (nSPS) is 24.4. The molecule has 3 N–H and O–H groups in total. The van der Waals surface area contributed by atoms with E-state index in [1.807, 2.05) is 0 Å². The molecule has 0 radical (unpaired) electrons. The zero-order valence-electron chi connectivity index (χ0n) is 19.0. The fourth-order valence-electron chi connectivity index (χ4n) is 3.26. The quantitative estimate of drug-likeness (QED) is 0.213. The molecule has 3 amide bonds. The molecule has 0 bridgehead atoms. The van der Waals surface area contributed by atoms with Crippen LogP contribution in [-0.4, -0.2) is 81.0 Å². The van der Waals surface area contributed by atoms with Crippen LogP contribution in [0.15, 0.2) is 23.2 Å². The summed E-state index contributed by atoms with van der Waals surface area (Å²) in [6.45, 7) is 8.75. The predicted octanol–water partition coefficient (Wildman–Crippen LogP) is 1.50. The van der Waals surface area contributed by atoms with Crippen molar-refractivity contribution in [3.8, 4) is 0 Å². The van der Waals surface area contributed by atoms with Gasteiger partial charge in [0.2, 0.25) is 11.6 Å². The number of anilines is 1. The topological polar surface area (TPSA) is 160 Å². The Morgan fingerprint density at radius 1 is 1.41 bits per heavy atom. The molecule has 0 saturated carbocycles. The molecule has 0 spiro atoms. The second-order valence-electron chi connectivity index (χ2n) is 8.57. The molecular formula is C20H25N5O7S2. The van der Waals surface area contributed by atoms with Crippen molar-refractivity contribution in [2.45, 2.75) is 37.8 Å². The third-order valence-electron chi connectivity index (χ3n) is 4.94. The van der Waals surface area contributed by atoms with Crippen LogP contribution in [0.25, 0.3) is 0 Å². The van der Waals surface area contributed by atoms with Gasteiger partial charge in [-0.25, -0.2) is 9.78 Å². The second-order valence-corrected chi connectivity index (χ2v) is 10.5. The Kier molecular flexibility index (Phi) is 7.21. The van der Waals surface area contributed by atoms with Crippen molar-refractivity contribution in [3.63, 3.8) is 0 Å². The van der Waals surface area contributed by atoms with Gasteiger partial charge in [-0.15, -0.1) is 29.7 Å². The number of carboxylic acids is 1. The van der Waals surface area contributed by atoms with E-state index in [-0.39, 0.29) is 28.8 Å². The van der Waals surface area contributed by atoms with Gasteiger partial charge in [-0.2, -0.15) is 0 Å². The summed E-state index contributed by atoms with van der Waals surface area (Å²) >= 11 is 2.29. The van der Waals surface area contributed by atoms with Crippen molar-refractivity contribution in [2.24, 2.45) is 10.6 Å². The first-order chi connectivity index (χ1) is 15.9. The van der Waals surface area contributed by atoms with Gasteiger partial charge in [0, 0.05) is 17.7 Å². The lowest BCUT2D eigenvalue weighted by Gasteiger charge is -2.53. The molecule has 12 nitrogen and oxygen atoms in total. The number of rotatable bonds is 7. The van der Waals surface area contributed by atoms with E-state index >= 15 is 0 Å². The highest BCUT2D eigenvalue weighted by molar-refractivity contribution is 8.00. The Balaban J connectivity index is 1.67. The molecule has 2 saturated heterocycles. The van der Waals surface area contributed by atoms with Crippen molar-refractivity contribution in [3.05, 3.63) is 23.0 Å². The molecule has 34 heavy (non-hydrogen) atoms. The standard InChI is InChI=1S/C20H25N5O7S2/c1-6-20(17(28)29)8-25-15(27)12(16(25)34-9-20)23-13(26)11(24-31-5)14-21-10(7-33-14)22-18(30)32-19(2,3)4/h6-7,12,16H,1,8-9H2,2-5H3,(H,22,30)(H,23,26)(H,28,29)/t12?,16-,20?/m1/s1. The van der Waals surface area contributed by atoms with Gasteiger partial charge in [-0.1, -0.05) is 11.2 Å². The van der Waals surface area contributed by atoms with Crippen LogP contribution in [0.1, 0.15) is 25.8 Å². The molecule has 2 unspecified atom stereocenters. The minimum absolute atomic E-state index is 0.0140. The number of amides is 3. The van der Waals surface area contributed by atoms with Crippen LogP contribution in [0.3, 0.4) is 0 Å². The zero-order chi connectivity index (χ0) is 25.3. The van der Waals surface area contributed by atoms with Crippen LogP contribution in [-0.2, 0) is 24.0 Å². The first-order valence-electron chi connectivity index (χ1n) is 10.1. The van der Waals surface area contributed by atoms with Crippen LogP contribution in [0.4, 0.5) is 10.6 Å². The van der Waals surface area contributed by atoms with E-state index in [2.05, 4.69) is 27.4 Å². The number of oxime groups is 1. The molecule has 2 aliphatic rings. The van der Waals surface area contributed by atoms with Crippen LogP contribution in [0.2, 0.25) is 0 Å². The molecule has 3 rings (SSSR count). The lowest BCUT2D eigenvalue weighted by molar-refractivity contribution is -0.156. The number of hydrogen-bond donors (Lipinski definition) is 3. The number of nitrogens with one attached hydrogen (secondary N) is 2. The van der Waals surface area contributed by atoms with Gasteiger partial charge in [0.25, 0.3) is 5.91 Å². The Bertz CT molecular complexity index is 1050. The largest absolute Gasteiger partial charge is 0.481 e. The summed E-state index contributed by atoms with van der Waals surface area (Å²) in [7, 11) is 1.26. The van der Waals surface area contributed by atoms with Crippen molar-refractivity contribution >= 4 is 58.5 Å². The van der Waals surface area contributed by atoms with Crippen LogP contribution >= 0.6 is 23.1 Å². The molecule has 3 atom stereocenters. The van der Waals surface area contributed by atoms with Gasteiger partial charge in [-0.3, -0.25) is 19.7 Å². The maximum absolute atomic E-state index is 12.9. The number of carboxylic acid groups (broad SMARTS) is 1. The van der Waals surface area contributed by atoms with Crippen molar-refractivity contribution < 1.29 is 33.9 Å². The highest BCUT2D eigenvalue weighted by Gasteiger charge is 2.56. The Labute approximate surface area is 203 Å². The van der Waals surface area contributed by atoms with Crippen LogP contribution < -0.4 is 10.6 Å². The van der Waals surface area contributed by atoms with E-state index in [1.54, 1.807) is 20.8 Å². The van der Waals surface area contributed by atoms with Gasteiger partial charge < -0.3 is 24.9 Å². The molecule has 0 aliphatic carbocycles. The molecule has 2 fully saturated rings. The Morgan fingerprint density at radius 3 is 2.71 bits per heavy atom. The molecule has 0 aromatic carbocycles. The molecule has 184 valence electrons. The fraction of sp³-hybridized carbons (Fsp3) is 0.500. The molecule has 1 aromatic heterocycles. The van der Waals surface area contributed by atoms with E-state index in [0.717, 1.165) is 11.3 Å². The third-order valence-corrected chi connectivity index (χ3v) is 7.34. The van der Waals surface area contributed by atoms with Gasteiger partial charge >= 0.3 is 12.1 Å². The number of thiazole rings is 1. The number of nitrogens with zero attached hydrogens (tertiary/aromatic N) is 3. The summed E-state index contributed by atoms with van der Waals surface area (Å²) in [6.07, 6.45) is 0.636. The highest BCUT2D eigenvalue weighted by Crippen LogP contribution is 2.42. The van der Waals surface area contributed by atoms with E-state index in [1.165, 1.54) is 35.2 Å². The monoisotopic (exact) mass is 511 g/mol. The van der Waals surface area contributed by atoms with Gasteiger partial charge in [0.05, 0.1) is 0 Å². The number of hydrogen-bond acceptors (Lipinski definition) is 10. The van der Waals surface area contributed by atoms with Gasteiger partial charge in [-0.05, 0) is 20.8 Å². The Morgan fingerprint density at radius 2 is 2.12 bits per heavy atom. The average molecular weight is 512 g/mol. The number of carbonyl (C=O) groups is 4. The molecular weight excluding hydrogens is 486 g/mol. The summed E-state index contributed by atoms with van der Waals surface area (Å²) in [5.41, 5.74) is -2.10. The third kappa shape index (κ3) is 5.17. The van der Waals surface area contributed by atoms with E-state index < -0.39 is 46.3 Å². The van der Waals surface area contributed by atoms with Crippen molar-refractivity contribution in [1.82, 2.24) is 15.2 Å². The lowest BCUT2D eigenvalue weighted by atomic mass is 9.87. The number of ether oxygens (including phenoxy) is 1. The number of fused-ring (bicyclic) bond motifs is 1. The first-order valence-corrected chi connectivity index (χ1v) is 12.0. The number of aliphatic carboxylic acids is 1. The number of aromatic nitrogens is 1. The van der Waals surface area contributed by atoms with Crippen molar-refractivity contribution in [2.75, 3.05) is 24.7 Å². The maximum atomic E-state index is 12.9. The minimum Gasteiger partial charge on any atom is -0.481 e. The van der Waals surface area contributed by atoms with E-state index in [4.69, 9.17) is 9.57 Å². The smallest absolute Gasteiger partial charge is 0.413 e. The number of carbonyl (C=O) groups excluding carboxylic acids is 3. The zero-order valence-corrected chi connectivity index (χ0v) is 20.6. The maximum Gasteiger partial charge on any atom is 0.413 e. The minimum atomic E-state index is -1.23. The van der Waals surface area contributed by atoms with Crippen molar-refractivity contribution in [1.29, 1.82) is 0 Å². The lowest BCUT2D eigenvalue weighted by Crippen LogP contribution is -2.73. The van der Waals surface area contributed by atoms with E-state index in [9.17, 15) is 24.3 Å². The molecule has 14 heteroatoms. The Hall–Kier alpha value is -3.13. The SMILES string of the molecule is C=CC1(C(=O)O)CS[C@@H]2C(NC(=O)C(=NOC)c3nc(NC(=O)OC(C)(C)C)cs3)C(=O)N2C1. The summed E-state index contributed by atoms with van der Waals surface area (Å²) in [6, 6.07) is -0.851. The first kappa shape index (κ1) is 25.5. The fourth-order valence-corrected chi connectivity index (χ4v) is 5.53. The predicted molar refractivity (Wildman–Crippen MR) is 126 cm³/mol. The van der Waals surface area contributed by atoms with Crippen LogP contribution in [0, 0.1) is 5.41 Å². The molecule has 3 heterocycles. The second kappa shape index (κ2) is 9.62. The summed E-state index contributed by atoms with van der Waals surface area (Å²) in [4.78, 5) is 59.5. The van der Waals surface area contributed by atoms with E-state index in [0.29, 0.717) is 0 Å². The summed E-state index contributed by atoms with van der Waals surface area (Å²) in [5.74, 6) is -1.77. The van der Waals surface area contributed by atoms with Crippen LogP contribution in [0.5, 0.6) is 0 Å². The van der Waals surface area contributed by atoms with Gasteiger partial charge in [0.15, 0.2) is 5.01 Å². The van der Waals surface area contributed by atoms with Gasteiger partial charge in [0.1, 0.15) is 35.4 Å². The highest BCUT2D eigenvalue weighted by atomic mass is 32.2. The summed E-state index contributed by atoms with van der Waals surface area (Å²) in [5, 5.41) is 19.6. The average Bonchev–Trinajstić information content (AvgIpc) is 3.21. The summed E-state index contributed by atoms with van der Waals surface area (Å²) < 4.78 is 5.17. The number of β-lactam (4-membered cyclic amide) rings is 1. The number of thioether (sulfide) groups is 1. The molecule has 2 aliphatic heterocycles. The molecule has 1 aromatic rings.